The first-order chi connectivity index (χ1) is 8.11. The second-order valence-electron chi connectivity index (χ2n) is 4.51. The van der Waals surface area contributed by atoms with Crippen molar-refractivity contribution < 1.29 is 14.6 Å². The topological polar surface area (TPSA) is 38.7 Å². The first-order valence-corrected chi connectivity index (χ1v) is 6.30. The normalized spacial score (nSPS) is 28.5. The molecule has 3 nitrogen and oxygen atoms in total. The fraction of sp³-hybridized carbons (Fsp3) is 0.538. The molecule has 1 saturated heterocycles. The van der Waals surface area contributed by atoms with Gasteiger partial charge in [-0.25, -0.2) is 0 Å². The molecule has 0 aromatic heterocycles. The van der Waals surface area contributed by atoms with Gasteiger partial charge in [0.05, 0.1) is 18.6 Å². The zero-order chi connectivity index (χ0) is 12.3. The Morgan fingerprint density at radius 3 is 2.71 bits per heavy atom. The van der Waals surface area contributed by atoms with Gasteiger partial charge in [0, 0.05) is 6.42 Å². The molecular formula is C13H17ClO3. The van der Waals surface area contributed by atoms with Crippen LogP contribution in [-0.2, 0) is 15.9 Å². The number of aromatic hydroxyl groups is 1. The van der Waals surface area contributed by atoms with Crippen LogP contribution >= 0.6 is 11.6 Å². The van der Waals surface area contributed by atoms with Gasteiger partial charge in [-0.1, -0.05) is 12.1 Å². The third kappa shape index (κ3) is 3.35. The van der Waals surface area contributed by atoms with Gasteiger partial charge in [0.25, 0.3) is 0 Å². The SMILES string of the molecule is CC1(CCc2ccc(O)cc2)OCC(CCl)O1. The summed E-state index contributed by atoms with van der Waals surface area (Å²) in [6, 6.07) is 7.20. The molecular weight excluding hydrogens is 240 g/mol. The van der Waals surface area contributed by atoms with Crippen molar-refractivity contribution in [2.24, 2.45) is 0 Å². The number of ether oxygens (including phenoxy) is 2. The summed E-state index contributed by atoms with van der Waals surface area (Å²) < 4.78 is 11.4. The Balaban J connectivity index is 1.88. The Morgan fingerprint density at radius 1 is 1.41 bits per heavy atom. The van der Waals surface area contributed by atoms with E-state index in [1.54, 1.807) is 12.1 Å². The van der Waals surface area contributed by atoms with Gasteiger partial charge < -0.3 is 14.6 Å². The molecule has 2 unspecified atom stereocenters. The summed E-state index contributed by atoms with van der Waals surface area (Å²) in [4.78, 5) is 0. The van der Waals surface area contributed by atoms with Gasteiger partial charge in [-0.3, -0.25) is 0 Å². The lowest BCUT2D eigenvalue weighted by atomic mass is 10.1. The Kier molecular flexibility index (Phi) is 3.92. The van der Waals surface area contributed by atoms with Crippen LogP contribution < -0.4 is 0 Å². The third-order valence-corrected chi connectivity index (χ3v) is 3.31. The molecule has 17 heavy (non-hydrogen) atoms. The molecule has 1 aromatic carbocycles. The van der Waals surface area contributed by atoms with E-state index in [0.717, 1.165) is 18.4 Å². The van der Waals surface area contributed by atoms with Crippen molar-refractivity contribution in [3.8, 4) is 5.75 Å². The molecule has 1 N–H and O–H groups in total. The molecule has 1 aliphatic heterocycles. The van der Waals surface area contributed by atoms with Gasteiger partial charge in [-0.2, -0.15) is 0 Å². The van der Waals surface area contributed by atoms with E-state index in [-0.39, 0.29) is 11.9 Å². The quantitative estimate of drug-likeness (QED) is 0.842. The number of aryl methyl sites for hydroxylation is 1. The number of hydrogen-bond acceptors (Lipinski definition) is 3. The Hall–Kier alpha value is -0.770. The van der Waals surface area contributed by atoms with Gasteiger partial charge >= 0.3 is 0 Å². The molecule has 4 heteroatoms. The highest BCUT2D eigenvalue weighted by Gasteiger charge is 2.36. The van der Waals surface area contributed by atoms with Crippen LogP contribution in [0.25, 0.3) is 0 Å². The van der Waals surface area contributed by atoms with Gasteiger partial charge in [0.2, 0.25) is 0 Å². The van der Waals surface area contributed by atoms with Crippen LogP contribution in [-0.4, -0.2) is 29.5 Å². The molecule has 94 valence electrons. The molecule has 0 radical (unpaired) electrons. The lowest BCUT2D eigenvalue weighted by Gasteiger charge is -2.23. The van der Waals surface area contributed by atoms with Crippen LogP contribution in [0.2, 0.25) is 0 Å². The van der Waals surface area contributed by atoms with E-state index in [2.05, 4.69) is 0 Å². The van der Waals surface area contributed by atoms with Crippen molar-refractivity contribution in [3.05, 3.63) is 29.8 Å². The lowest BCUT2D eigenvalue weighted by molar-refractivity contribution is -0.155. The highest BCUT2D eigenvalue weighted by Crippen LogP contribution is 2.28. The van der Waals surface area contributed by atoms with Gasteiger partial charge in [0.15, 0.2) is 5.79 Å². The maximum atomic E-state index is 9.19. The van der Waals surface area contributed by atoms with Crippen LogP contribution in [0.15, 0.2) is 24.3 Å². The molecule has 1 fully saturated rings. The van der Waals surface area contributed by atoms with Crippen LogP contribution in [0.5, 0.6) is 5.75 Å². The van der Waals surface area contributed by atoms with Crippen LogP contribution in [0.4, 0.5) is 0 Å². The first-order valence-electron chi connectivity index (χ1n) is 5.77. The number of rotatable bonds is 4. The molecule has 0 aliphatic carbocycles. The molecule has 2 atom stereocenters. The number of benzene rings is 1. The van der Waals surface area contributed by atoms with E-state index >= 15 is 0 Å². The summed E-state index contributed by atoms with van der Waals surface area (Å²) in [5.74, 6) is 0.224. The van der Waals surface area contributed by atoms with Gasteiger partial charge in [0.1, 0.15) is 5.75 Å². The van der Waals surface area contributed by atoms with Crippen molar-refractivity contribution in [2.75, 3.05) is 12.5 Å². The van der Waals surface area contributed by atoms with E-state index in [0.29, 0.717) is 12.5 Å². The van der Waals surface area contributed by atoms with Crippen molar-refractivity contribution in [1.29, 1.82) is 0 Å². The summed E-state index contributed by atoms with van der Waals surface area (Å²) >= 11 is 5.74. The van der Waals surface area contributed by atoms with Crippen molar-refractivity contribution >= 4 is 11.6 Å². The van der Waals surface area contributed by atoms with E-state index in [9.17, 15) is 5.11 Å². The average molecular weight is 257 g/mol. The highest BCUT2D eigenvalue weighted by molar-refractivity contribution is 6.18. The number of hydrogen-bond donors (Lipinski definition) is 1. The summed E-state index contributed by atoms with van der Waals surface area (Å²) in [6.07, 6.45) is 1.64. The van der Waals surface area contributed by atoms with Crippen molar-refractivity contribution in [3.63, 3.8) is 0 Å². The van der Waals surface area contributed by atoms with Crippen LogP contribution in [0.3, 0.4) is 0 Å². The Labute approximate surface area is 106 Å². The van der Waals surface area contributed by atoms with Gasteiger partial charge in [-0.05, 0) is 31.0 Å². The second-order valence-corrected chi connectivity index (χ2v) is 4.81. The minimum Gasteiger partial charge on any atom is -0.508 e. The molecule has 0 bridgehead atoms. The minimum atomic E-state index is -0.530. The maximum absolute atomic E-state index is 9.19. The molecule has 1 aromatic rings. The zero-order valence-electron chi connectivity index (χ0n) is 9.86. The number of phenols is 1. The monoisotopic (exact) mass is 256 g/mol. The number of halogens is 1. The average Bonchev–Trinajstić information content (AvgIpc) is 2.71. The summed E-state index contributed by atoms with van der Waals surface area (Å²) in [7, 11) is 0. The summed E-state index contributed by atoms with van der Waals surface area (Å²) in [5.41, 5.74) is 1.16. The first kappa shape index (κ1) is 12.7. The summed E-state index contributed by atoms with van der Waals surface area (Å²) in [5, 5.41) is 9.19. The van der Waals surface area contributed by atoms with E-state index in [4.69, 9.17) is 21.1 Å². The van der Waals surface area contributed by atoms with Gasteiger partial charge in [-0.15, -0.1) is 11.6 Å². The summed E-state index contributed by atoms with van der Waals surface area (Å²) in [6.45, 7) is 2.51. The van der Waals surface area contributed by atoms with E-state index in [1.807, 2.05) is 19.1 Å². The Bertz CT molecular complexity index is 365. The van der Waals surface area contributed by atoms with E-state index in [1.165, 1.54) is 0 Å². The second kappa shape index (κ2) is 5.25. The van der Waals surface area contributed by atoms with E-state index < -0.39 is 5.79 Å². The fourth-order valence-corrected chi connectivity index (χ4v) is 2.08. The van der Waals surface area contributed by atoms with Crippen LogP contribution in [0.1, 0.15) is 18.9 Å². The molecule has 0 amide bonds. The molecule has 0 saturated carbocycles. The lowest BCUT2D eigenvalue weighted by Crippen LogP contribution is -2.27. The molecule has 1 aliphatic rings. The molecule has 0 spiro atoms. The largest absolute Gasteiger partial charge is 0.508 e. The zero-order valence-corrected chi connectivity index (χ0v) is 10.6. The Morgan fingerprint density at radius 2 is 2.12 bits per heavy atom. The van der Waals surface area contributed by atoms with Crippen molar-refractivity contribution in [1.82, 2.24) is 0 Å². The molecule has 1 heterocycles. The predicted molar refractivity (Wildman–Crippen MR) is 66.4 cm³/mol. The third-order valence-electron chi connectivity index (χ3n) is 2.97. The highest BCUT2D eigenvalue weighted by atomic mass is 35.5. The predicted octanol–water partition coefficient (Wildman–Crippen LogP) is 2.70. The maximum Gasteiger partial charge on any atom is 0.166 e. The molecule has 2 rings (SSSR count). The minimum absolute atomic E-state index is 0.00137. The van der Waals surface area contributed by atoms with Crippen molar-refractivity contribution in [2.45, 2.75) is 31.7 Å². The number of alkyl halides is 1. The fourth-order valence-electron chi connectivity index (χ4n) is 1.93. The van der Waals surface area contributed by atoms with Crippen LogP contribution in [0, 0.1) is 0 Å². The number of phenolic OH excluding ortho intramolecular Hbond substituents is 1. The standard InChI is InChI=1S/C13H17ClO3/c1-13(16-9-12(8-14)17-13)7-6-10-2-4-11(15)5-3-10/h2-5,12,15H,6-9H2,1H3. The smallest absolute Gasteiger partial charge is 0.166 e.